The third-order valence-corrected chi connectivity index (χ3v) is 7.72. The van der Waals surface area contributed by atoms with Crippen molar-refractivity contribution in [1.82, 2.24) is 24.3 Å². The SMILES string of the molecule is CN(Cc1ccc(-n2ccc(NC(=O)N3CCN(C(=O)[C@@](C)(N)CO)CC3)nc2=O)cc1)[C@H]1CC[C@H](N)CC1.Cl. The Labute approximate surface area is 240 Å². The van der Waals surface area contributed by atoms with Crippen LogP contribution < -0.4 is 22.5 Å². The lowest BCUT2D eigenvalue weighted by molar-refractivity contribution is -0.139. The number of benzene rings is 1. The van der Waals surface area contributed by atoms with E-state index >= 15 is 0 Å². The maximum absolute atomic E-state index is 12.7. The Morgan fingerprint density at radius 1 is 1.07 bits per heavy atom. The Morgan fingerprint density at radius 3 is 2.25 bits per heavy atom. The summed E-state index contributed by atoms with van der Waals surface area (Å²) in [6, 6.07) is 9.86. The van der Waals surface area contributed by atoms with Crippen LogP contribution in [0.5, 0.6) is 0 Å². The van der Waals surface area contributed by atoms with Crippen LogP contribution >= 0.6 is 12.4 Å². The molecule has 2 aliphatic rings. The summed E-state index contributed by atoms with van der Waals surface area (Å²) in [6.07, 6.45) is 5.96. The summed E-state index contributed by atoms with van der Waals surface area (Å²) in [4.78, 5) is 47.3. The summed E-state index contributed by atoms with van der Waals surface area (Å²) in [7, 11) is 2.14. The van der Waals surface area contributed by atoms with Gasteiger partial charge in [0.1, 0.15) is 11.4 Å². The summed E-state index contributed by atoms with van der Waals surface area (Å²) in [6.45, 7) is 3.04. The van der Waals surface area contributed by atoms with Gasteiger partial charge in [-0.1, -0.05) is 12.1 Å². The molecular weight excluding hydrogens is 536 g/mol. The second-order valence-electron chi connectivity index (χ2n) is 10.9. The van der Waals surface area contributed by atoms with Crippen molar-refractivity contribution in [2.45, 2.75) is 56.8 Å². The smallest absolute Gasteiger partial charge is 0.354 e. The lowest BCUT2D eigenvalue weighted by Crippen LogP contribution is -2.60. The zero-order chi connectivity index (χ0) is 28.2. The van der Waals surface area contributed by atoms with Crippen molar-refractivity contribution < 1.29 is 14.7 Å². The molecule has 2 aromatic rings. The molecule has 4 rings (SSSR count). The van der Waals surface area contributed by atoms with Crippen LogP contribution in [0.2, 0.25) is 0 Å². The fraction of sp³-hybridized carbons (Fsp3) is 0.556. The van der Waals surface area contributed by atoms with Gasteiger partial charge in [-0.3, -0.25) is 19.6 Å². The molecule has 13 heteroatoms. The summed E-state index contributed by atoms with van der Waals surface area (Å²) in [5.41, 5.74) is 11.9. The minimum atomic E-state index is -1.35. The molecular formula is C27H41ClN8O4. The first-order valence-electron chi connectivity index (χ1n) is 13.5. The number of carbonyl (C=O) groups excluding carboxylic acids is 2. The summed E-state index contributed by atoms with van der Waals surface area (Å²) in [5, 5.41) is 12.0. The average molecular weight is 577 g/mol. The van der Waals surface area contributed by atoms with Crippen LogP contribution in [0, 0.1) is 0 Å². The van der Waals surface area contributed by atoms with E-state index in [4.69, 9.17) is 11.5 Å². The maximum Gasteiger partial charge on any atom is 0.354 e. The van der Waals surface area contributed by atoms with Crippen molar-refractivity contribution in [3.8, 4) is 5.69 Å². The molecule has 1 aromatic carbocycles. The van der Waals surface area contributed by atoms with Gasteiger partial charge in [0.2, 0.25) is 5.91 Å². The van der Waals surface area contributed by atoms with E-state index < -0.39 is 23.9 Å². The predicted octanol–water partition coefficient (Wildman–Crippen LogP) is 0.742. The quantitative estimate of drug-likeness (QED) is 0.375. The van der Waals surface area contributed by atoms with Gasteiger partial charge >= 0.3 is 11.7 Å². The van der Waals surface area contributed by atoms with Gasteiger partial charge in [-0.15, -0.1) is 12.4 Å². The number of aromatic nitrogens is 2. The second kappa shape index (κ2) is 13.6. The van der Waals surface area contributed by atoms with Crippen LogP contribution in [0.15, 0.2) is 41.3 Å². The Morgan fingerprint density at radius 2 is 1.68 bits per heavy atom. The molecule has 1 aliphatic heterocycles. The highest BCUT2D eigenvalue weighted by Gasteiger charge is 2.34. The van der Waals surface area contributed by atoms with Crippen molar-refractivity contribution in [2.24, 2.45) is 11.5 Å². The molecule has 3 amide bonds. The summed E-state index contributed by atoms with van der Waals surface area (Å²) >= 11 is 0. The number of rotatable bonds is 7. The van der Waals surface area contributed by atoms with Gasteiger partial charge in [0, 0.05) is 51.0 Å². The van der Waals surface area contributed by atoms with Gasteiger partial charge in [0.05, 0.1) is 12.3 Å². The number of nitrogens with two attached hydrogens (primary N) is 2. The van der Waals surface area contributed by atoms with Crippen molar-refractivity contribution in [1.29, 1.82) is 0 Å². The molecule has 220 valence electrons. The lowest BCUT2D eigenvalue weighted by Gasteiger charge is -2.37. The van der Waals surface area contributed by atoms with Crippen LogP contribution in [0.1, 0.15) is 38.2 Å². The number of carbonyl (C=O) groups is 2. The van der Waals surface area contributed by atoms with Crippen molar-refractivity contribution in [2.75, 3.05) is 45.2 Å². The number of urea groups is 1. The Balaban J connectivity index is 0.00000441. The first-order chi connectivity index (χ1) is 18.6. The van der Waals surface area contributed by atoms with Gasteiger partial charge in [-0.25, -0.2) is 9.59 Å². The highest BCUT2D eigenvalue weighted by atomic mass is 35.5. The molecule has 0 radical (unpaired) electrons. The minimum absolute atomic E-state index is 0. The van der Waals surface area contributed by atoms with Gasteiger partial charge in [0.25, 0.3) is 0 Å². The molecule has 1 saturated heterocycles. The molecule has 1 aromatic heterocycles. The van der Waals surface area contributed by atoms with Crippen LogP contribution in [-0.4, -0.2) is 98.8 Å². The average Bonchev–Trinajstić information content (AvgIpc) is 2.93. The van der Waals surface area contributed by atoms with Crippen LogP contribution in [0.25, 0.3) is 5.69 Å². The number of hydrogen-bond acceptors (Lipinski definition) is 8. The van der Waals surface area contributed by atoms with Crippen LogP contribution in [0.4, 0.5) is 10.6 Å². The van der Waals surface area contributed by atoms with Crippen molar-refractivity contribution in [3.63, 3.8) is 0 Å². The van der Waals surface area contributed by atoms with Crippen LogP contribution in [-0.2, 0) is 11.3 Å². The molecule has 1 aliphatic carbocycles. The topological polar surface area (TPSA) is 163 Å². The summed E-state index contributed by atoms with van der Waals surface area (Å²) in [5.74, 6) is -0.204. The molecule has 0 unspecified atom stereocenters. The fourth-order valence-corrected chi connectivity index (χ4v) is 5.12. The molecule has 2 fully saturated rings. The van der Waals surface area contributed by atoms with Crippen LogP contribution in [0.3, 0.4) is 0 Å². The first-order valence-corrected chi connectivity index (χ1v) is 13.5. The van der Waals surface area contributed by atoms with Gasteiger partial charge in [0.15, 0.2) is 0 Å². The predicted molar refractivity (Wildman–Crippen MR) is 156 cm³/mol. The van der Waals surface area contributed by atoms with E-state index in [1.54, 1.807) is 17.2 Å². The first kappa shape index (κ1) is 31.5. The maximum atomic E-state index is 12.7. The molecule has 40 heavy (non-hydrogen) atoms. The summed E-state index contributed by atoms with van der Waals surface area (Å²) < 4.78 is 1.43. The molecule has 12 nitrogen and oxygen atoms in total. The normalized spacial score (nSPS) is 20.9. The van der Waals surface area contributed by atoms with Crippen molar-refractivity contribution in [3.05, 3.63) is 52.6 Å². The van der Waals surface area contributed by atoms with E-state index in [9.17, 15) is 19.5 Å². The number of hydrogen-bond donors (Lipinski definition) is 4. The standard InChI is InChI=1S/C27H40N8O4.ClH/c1-27(29,18-36)24(37)33-13-15-34(16-14-33)25(38)30-23-11-12-35(26(39)31-23)22-7-3-19(4-8-22)17-32(2)21-9-5-20(28)6-10-21;/h3-4,7-8,11-12,20-21,36H,5-6,9-10,13-18,28-29H2,1-2H3,(H,30,31,38,39);1H/t20-,21-,27-;/m0./s1. The van der Waals surface area contributed by atoms with E-state index in [2.05, 4.69) is 22.2 Å². The molecule has 0 bridgehead atoms. The van der Waals surface area contributed by atoms with Crippen molar-refractivity contribution >= 4 is 30.2 Å². The number of nitrogens with one attached hydrogen (secondary N) is 1. The molecule has 6 N–H and O–H groups in total. The van der Waals surface area contributed by atoms with Gasteiger partial charge in [-0.05, 0) is 63.4 Å². The van der Waals surface area contributed by atoms with E-state index in [-0.39, 0.29) is 24.1 Å². The molecule has 0 spiro atoms. The largest absolute Gasteiger partial charge is 0.394 e. The van der Waals surface area contributed by atoms with E-state index in [1.807, 2.05) is 24.3 Å². The second-order valence-corrected chi connectivity index (χ2v) is 10.9. The molecule has 1 saturated carbocycles. The zero-order valence-corrected chi connectivity index (χ0v) is 24.0. The number of anilines is 1. The Bertz CT molecular complexity index is 1210. The highest BCUT2D eigenvalue weighted by molar-refractivity contribution is 5.89. The highest BCUT2D eigenvalue weighted by Crippen LogP contribution is 2.23. The Kier molecular flexibility index (Phi) is 10.7. The zero-order valence-electron chi connectivity index (χ0n) is 23.2. The Hall–Kier alpha value is -3.03. The number of aliphatic hydroxyl groups is 1. The third kappa shape index (κ3) is 7.58. The third-order valence-electron chi connectivity index (χ3n) is 7.72. The number of aliphatic hydroxyl groups excluding tert-OH is 1. The van der Waals surface area contributed by atoms with E-state index in [0.717, 1.165) is 37.8 Å². The lowest BCUT2D eigenvalue weighted by atomic mass is 9.91. The monoisotopic (exact) mass is 576 g/mol. The van der Waals surface area contributed by atoms with Gasteiger partial charge < -0.3 is 26.4 Å². The van der Waals surface area contributed by atoms with E-state index in [1.165, 1.54) is 16.4 Å². The molecule has 1 atom stereocenters. The number of amides is 3. The van der Waals surface area contributed by atoms with Gasteiger partial charge in [-0.2, -0.15) is 4.98 Å². The number of halogens is 1. The molecule has 2 heterocycles. The number of nitrogens with zero attached hydrogens (tertiary/aromatic N) is 5. The minimum Gasteiger partial charge on any atom is -0.394 e. The van der Waals surface area contributed by atoms with E-state index in [0.29, 0.717) is 44.0 Å². The number of piperazine rings is 1. The fourth-order valence-electron chi connectivity index (χ4n) is 5.12.